The van der Waals surface area contributed by atoms with E-state index in [1.54, 1.807) is 0 Å². The lowest BCUT2D eigenvalue weighted by Crippen LogP contribution is -1.99. The Bertz CT molecular complexity index is 633. The molecule has 0 saturated heterocycles. The molecule has 1 aromatic carbocycles. The van der Waals surface area contributed by atoms with Gasteiger partial charge in [0, 0.05) is 4.47 Å². The Morgan fingerprint density at radius 1 is 1.39 bits per heavy atom. The molecule has 1 aliphatic heterocycles. The predicted octanol–water partition coefficient (Wildman–Crippen LogP) is 3.84. The molecule has 0 spiro atoms. The van der Waals surface area contributed by atoms with Crippen LogP contribution in [0, 0.1) is 6.92 Å². The Balaban J connectivity index is 2.15. The monoisotopic (exact) mass is 325 g/mol. The summed E-state index contributed by atoms with van der Waals surface area (Å²) in [6, 6.07) is 3.96. The first kappa shape index (κ1) is 11.7. The van der Waals surface area contributed by atoms with Gasteiger partial charge in [-0.05, 0) is 24.6 Å². The first-order chi connectivity index (χ1) is 8.65. The van der Waals surface area contributed by atoms with Crippen molar-refractivity contribution >= 4 is 39.0 Å². The zero-order valence-electron chi connectivity index (χ0n) is 9.50. The molecule has 1 aromatic heterocycles. The summed E-state index contributed by atoms with van der Waals surface area (Å²) in [5.41, 5.74) is 2.69. The van der Waals surface area contributed by atoms with Crippen LogP contribution in [0.4, 0.5) is 11.5 Å². The second-order valence-electron chi connectivity index (χ2n) is 4.00. The van der Waals surface area contributed by atoms with E-state index in [4.69, 9.17) is 16.3 Å². The number of benzene rings is 1. The molecule has 1 aliphatic rings. The molecule has 18 heavy (non-hydrogen) atoms. The highest BCUT2D eigenvalue weighted by Crippen LogP contribution is 2.38. The van der Waals surface area contributed by atoms with Gasteiger partial charge >= 0.3 is 0 Å². The fourth-order valence-electron chi connectivity index (χ4n) is 1.91. The van der Waals surface area contributed by atoms with Gasteiger partial charge < -0.3 is 10.1 Å². The summed E-state index contributed by atoms with van der Waals surface area (Å²) in [7, 11) is 0. The zero-order chi connectivity index (χ0) is 12.7. The molecular formula is C12H9BrClN3O. The van der Waals surface area contributed by atoms with Gasteiger partial charge in [0.1, 0.15) is 29.7 Å². The number of rotatable bonds is 0. The summed E-state index contributed by atoms with van der Waals surface area (Å²) in [5.74, 6) is 1.50. The second-order valence-corrected chi connectivity index (χ2v) is 5.28. The fourth-order valence-corrected chi connectivity index (χ4v) is 2.67. The van der Waals surface area contributed by atoms with Gasteiger partial charge in [-0.15, -0.1) is 0 Å². The number of aryl methyl sites for hydroxylation is 1. The quantitative estimate of drug-likeness (QED) is 0.747. The molecule has 0 radical (unpaired) electrons. The average molecular weight is 327 g/mol. The summed E-state index contributed by atoms with van der Waals surface area (Å²) in [6.07, 6.45) is 1.43. The minimum absolute atomic E-state index is 0.359. The first-order valence-electron chi connectivity index (χ1n) is 5.34. The number of nitrogens with zero attached hydrogens (tertiary/aromatic N) is 2. The van der Waals surface area contributed by atoms with Crippen LogP contribution in [0.1, 0.15) is 11.1 Å². The Morgan fingerprint density at radius 3 is 3.06 bits per heavy atom. The van der Waals surface area contributed by atoms with E-state index in [0.29, 0.717) is 17.6 Å². The van der Waals surface area contributed by atoms with Gasteiger partial charge in [0.05, 0.1) is 11.3 Å². The van der Waals surface area contributed by atoms with Gasteiger partial charge in [0.25, 0.3) is 0 Å². The van der Waals surface area contributed by atoms with Gasteiger partial charge in [-0.1, -0.05) is 27.5 Å². The maximum atomic E-state index is 6.05. The second kappa shape index (κ2) is 4.40. The number of anilines is 2. The maximum absolute atomic E-state index is 6.05. The largest absolute Gasteiger partial charge is 0.486 e. The molecule has 0 amide bonds. The summed E-state index contributed by atoms with van der Waals surface area (Å²) in [6.45, 7) is 2.35. The van der Waals surface area contributed by atoms with Crippen LogP contribution in [-0.2, 0) is 6.61 Å². The van der Waals surface area contributed by atoms with E-state index in [2.05, 4.69) is 31.2 Å². The van der Waals surface area contributed by atoms with Crippen LogP contribution in [0.15, 0.2) is 22.9 Å². The molecule has 0 atom stereocenters. The topological polar surface area (TPSA) is 47.0 Å². The van der Waals surface area contributed by atoms with Crippen molar-refractivity contribution in [1.29, 1.82) is 0 Å². The average Bonchev–Trinajstić information content (AvgIpc) is 2.48. The SMILES string of the molecule is Cc1cc(Br)cc2c1OCc1c(Cl)ncnc1N2. The lowest BCUT2D eigenvalue weighted by atomic mass is 10.2. The molecule has 92 valence electrons. The number of aromatic nitrogens is 2. The number of fused-ring (bicyclic) bond motifs is 2. The zero-order valence-corrected chi connectivity index (χ0v) is 11.8. The number of halogens is 2. The minimum atomic E-state index is 0.359. The molecule has 0 aliphatic carbocycles. The highest BCUT2D eigenvalue weighted by molar-refractivity contribution is 9.10. The number of hydrogen-bond donors (Lipinski definition) is 1. The molecule has 2 heterocycles. The highest BCUT2D eigenvalue weighted by atomic mass is 79.9. The number of ether oxygens (including phenoxy) is 1. The van der Waals surface area contributed by atoms with Crippen LogP contribution in [0.25, 0.3) is 0 Å². The standard InChI is InChI=1S/C12H9BrClN3O/c1-6-2-7(13)3-9-10(6)18-4-8-11(14)15-5-16-12(8)17-9/h2-3,5H,4H2,1H3,(H,15,16,17). The van der Waals surface area contributed by atoms with E-state index in [1.165, 1.54) is 6.33 Å². The molecule has 2 aromatic rings. The molecule has 4 nitrogen and oxygen atoms in total. The summed E-state index contributed by atoms with van der Waals surface area (Å²) < 4.78 is 6.78. The normalized spacial score (nSPS) is 12.8. The fraction of sp³-hybridized carbons (Fsp3) is 0.167. The van der Waals surface area contributed by atoms with E-state index < -0.39 is 0 Å². The van der Waals surface area contributed by atoms with Crippen molar-refractivity contribution in [3.63, 3.8) is 0 Å². The smallest absolute Gasteiger partial charge is 0.146 e. The van der Waals surface area contributed by atoms with E-state index >= 15 is 0 Å². The van der Waals surface area contributed by atoms with Crippen molar-refractivity contribution in [1.82, 2.24) is 9.97 Å². The summed E-state index contributed by atoms with van der Waals surface area (Å²) in [5, 5.41) is 3.65. The van der Waals surface area contributed by atoms with Gasteiger partial charge in [-0.2, -0.15) is 0 Å². The highest BCUT2D eigenvalue weighted by Gasteiger charge is 2.19. The molecule has 0 bridgehead atoms. The van der Waals surface area contributed by atoms with Gasteiger partial charge in [-0.3, -0.25) is 0 Å². The lowest BCUT2D eigenvalue weighted by Gasteiger charge is -2.11. The third kappa shape index (κ3) is 1.93. The molecule has 1 N–H and O–H groups in total. The van der Waals surface area contributed by atoms with Crippen molar-refractivity contribution in [3.05, 3.63) is 39.2 Å². The van der Waals surface area contributed by atoms with E-state index in [1.807, 2.05) is 19.1 Å². The lowest BCUT2D eigenvalue weighted by molar-refractivity contribution is 0.308. The van der Waals surface area contributed by atoms with E-state index in [9.17, 15) is 0 Å². The van der Waals surface area contributed by atoms with Gasteiger partial charge in [0.15, 0.2) is 0 Å². The van der Waals surface area contributed by atoms with Crippen molar-refractivity contribution in [3.8, 4) is 5.75 Å². The summed E-state index contributed by atoms with van der Waals surface area (Å²) in [4.78, 5) is 8.16. The van der Waals surface area contributed by atoms with Crippen molar-refractivity contribution < 1.29 is 4.74 Å². The summed E-state index contributed by atoms with van der Waals surface area (Å²) >= 11 is 9.52. The van der Waals surface area contributed by atoms with Crippen molar-refractivity contribution in [2.75, 3.05) is 5.32 Å². The Morgan fingerprint density at radius 2 is 2.22 bits per heavy atom. The van der Waals surface area contributed by atoms with Crippen LogP contribution >= 0.6 is 27.5 Å². The van der Waals surface area contributed by atoms with Gasteiger partial charge in [-0.25, -0.2) is 9.97 Å². The van der Waals surface area contributed by atoms with Crippen LogP contribution in [-0.4, -0.2) is 9.97 Å². The van der Waals surface area contributed by atoms with Crippen molar-refractivity contribution in [2.45, 2.75) is 13.5 Å². The van der Waals surface area contributed by atoms with Crippen LogP contribution < -0.4 is 10.1 Å². The molecule has 6 heteroatoms. The van der Waals surface area contributed by atoms with Crippen LogP contribution in [0.3, 0.4) is 0 Å². The number of nitrogens with one attached hydrogen (secondary N) is 1. The van der Waals surface area contributed by atoms with E-state index in [-0.39, 0.29) is 0 Å². The predicted molar refractivity (Wildman–Crippen MR) is 73.5 cm³/mol. The first-order valence-corrected chi connectivity index (χ1v) is 6.51. The molecular weight excluding hydrogens is 318 g/mol. The third-order valence-electron chi connectivity index (χ3n) is 2.75. The Kier molecular flexibility index (Phi) is 2.87. The van der Waals surface area contributed by atoms with Crippen molar-refractivity contribution in [2.24, 2.45) is 0 Å². The molecule has 3 rings (SSSR count). The van der Waals surface area contributed by atoms with Gasteiger partial charge in [0.2, 0.25) is 0 Å². The molecule has 0 unspecified atom stereocenters. The third-order valence-corrected chi connectivity index (χ3v) is 3.53. The van der Waals surface area contributed by atoms with E-state index in [0.717, 1.165) is 27.0 Å². The number of hydrogen-bond acceptors (Lipinski definition) is 4. The Labute approximate surface area is 117 Å². The maximum Gasteiger partial charge on any atom is 0.146 e. The molecule has 0 fully saturated rings. The Hall–Kier alpha value is -1.33. The van der Waals surface area contributed by atoms with Crippen LogP contribution in [0.2, 0.25) is 5.15 Å². The van der Waals surface area contributed by atoms with Crippen LogP contribution in [0.5, 0.6) is 5.75 Å². The minimum Gasteiger partial charge on any atom is -0.486 e. The molecule has 0 saturated carbocycles.